The Labute approximate surface area is 106 Å². The van der Waals surface area contributed by atoms with Crippen LogP contribution >= 0.6 is 0 Å². The molecule has 0 spiro atoms. The summed E-state index contributed by atoms with van der Waals surface area (Å²) in [5, 5.41) is 10.5. The fraction of sp³-hybridized carbons (Fsp3) is 0.857. The van der Waals surface area contributed by atoms with Crippen LogP contribution in [0.4, 0.5) is 0 Å². The Morgan fingerprint density at radius 2 is 1.94 bits per heavy atom. The summed E-state index contributed by atoms with van der Waals surface area (Å²) in [6.07, 6.45) is 5.46. The van der Waals surface area contributed by atoms with Crippen LogP contribution in [0.1, 0.15) is 34.1 Å². The first-order chi connectivity index (χ1) is 7.55. The van der Waals surface area contributed by atoms with Crippen LogP contribution < -0.4 is 0 Å². The summed E-state index contributed by atoms with van der Waals surface area (Å²) >= 11 is 0. The maximum Gasteiger partial charge on any atom is 0.192 e. The Balaban J connectivity index is 2.04. The van der Waals surface area contributed by atoms with Crippen molar-refractivity contribution in [2.75, 3.05) is 0 Å². The molecular weight excluding hydrogens is 228 g/mol. The smallest absolute Gasteiger partial charge is 0.192 e. The van der Waals surface area contributed by atoms with Gasteiger partial charge in [0.1, 0.15) is 0 Å². The molecule has 0 bridgehead atoms. The molecule has 0 aromatic rings. The highest BCUT2D eigenvalue weighted by Crippen LogP contribution is 2.52. The molecule has 0 amide bonds. The lowest BCUT2D eigenvalue weighted by Crippen LogP contribution is -2.56. The molecule has 2 aliphatic carbocycles. The van der Waals surface area contributed by atoms with E-state index in [2.05, 4.69) is 39.9 Å². The van der Waals surface area contributed by atoms with Crippen molar-refractivity contribution in [3.05, 3.63) is 12.2 Å². The van der Waals surface area contributed by atoms with Crippen molar-refractivity contribution in [3.8, 4) is 0 Å². The summed E-state index contributed by atoms with van der Waals surface area (Å²) in [4.78, 5) is 0. The molecule has 2 aliphatic rings. The molecule has 0 aliphatic heterocycles. The topological polar surface area (TPSA) is 29.5 Å². The Kier molecular flexibility index (Phi) is 2.89. The third kappa shape index (κ3) is 2.13. The second-order valence-corrected chi connectivity index (χ2v) is 12.2. The molecule has 2 rings (SSSR count). The summed E-state index contributed by atoms with van der Waals surface area (Å²) in [5.74, 6) is 0.830. The van der Waals surface area contributed by atoms with Gasteiger partial charge in [0.05, 0.1) is 11.7 Å². The van der Waals surface area contributed by atoms with Crippen LogP contribution in [0.25, 0.3) is 0 Å². The maximum absolute atomic E-state index is 10.3. The lowest BCUT2D eigenvalue weighted by atomic mass is 9.68. The molecule has 1 saturated carbocycles. The van der Waals surface area contributed by atoms with Crippen molar-refractivity contribution in [1.29, 1.82) is 0 Å². The largest absolute Gasteiger partial charge is 0.413 e. The second kappa shape index (κ2) is 3.69. The van der Waals surface area contributed by atoms with Crippen molar-refractivity contribution < 1.29 is 9.53 Å². The van der Waals surface area contributed by atoms with Crippen LogP contribution in [0.5, 0.6) is 0 Å². The standard InChI is InChI=1S/C14H26O2Si/c1-13(2,3)17(5,6)16-11-9-10-7-8-14(4,15)12(10)11/h7-8,10-12,15H,9H2,1-6H3/t10-,11+,12-,14+/m1/s1. The molecule has 0 heterocycles. The van der Waals surface area contributed by atoms with Crippen LogP contribution in [0, 0.1) is 11.8 Å². The Hall–Kier alpha value is -0.123. The van der Waals surface area contributed by atoms with Gasteiger partial charge in [-0.05, 0) is 37.4 Å². The number of hydrogen-bond acceptors (Lipinski definition) is 2. The molecule has 98 valence electrons. The third-order valence-electron chi connectivity index (χ3n) is 4.97. The lowest BCUT2D eigenvalue weighted by molar-refractivity contribution is -0.0902. The normalized spacial score (nSPS) is 41.2. The number of rotatable bonds is 2. The average Bonchev–Trinajstić information content (AvgIpc) is 2.29. The van der Waals surface area contributed by atoms with Crippen LogP contribution in [-0.2, 0) is 4.43 Å². The minimum absolute atomic E-state index is 0.246. The quantitative estimate of drug-likeness (QED) is 0.605. The van der Waals surface area contributed by atoms with Crippen molar-refractivity contribution in [2.24, 2.45) is 11.8 Å². The minimum Gasteiger partial charge on any atom is -0.413 e. The van der Waals surface area contributed by atoms with Crippen molar-refractivity contribution in [2.45, 2.75) is 64.0 Å². The summed E-state index contributed by atoms with van der Waals surface area (Å²) in [5.41, 5.74) is -0.657. The number of allylic oxidation sites excluding steroid dienone is 1. The predicted octanol–water partition coefficient (Wildman–Crippen LogP) is 3.33. The molecule has 0 aromatic heterocycles. The van der Waals surface area contributed by atoms with Crippen LogP contribution in [0.2, 0.25) is 18.1 Å². The zero-order valence-electron chi connectivity index (χ0n) is 11.9. The van der Waals surface area contributed by atoms with Crippen LogP contribution in [-0.4, -0.2) is 25.1 Å². The van der Waals surface area contributed by atoms with E-state index in [9.17, 15) is 5.11 Å². The van der Waals surface area contributed by atoms with E-state index in [1.165, 1.54) is 0 Å². The monoisotopic (exact) mass is 254 g/mol. The van der Waals surface area contributed by atoms with Gasteiger partial charge < -0.3 is 9.53 Å². The Morgan fingerprint density at radius 3 is 2.41 bits per heavy atom. The summed E-state index contributed by atoms with van der Waals surface area (Å²) < 4.78 is 6.43. The lowest BCUT2D eigenvalue weighted by Gasteiger charge is -2.50. The zero-order valence-corrected chi connectivity index (χ0v) is 12.9. The highest BCUT2D eigenvalue weighted by Gasteiger charge is 2.55. The average molecular weight is 254 g/mol. The molecule has 3 heteroatoms. The van der Waals surface area contributed by atoms with Crippen molar-refractivity contribution >= 4 is 8.32 Å². The van der Waals surface area contributed by atoms with E-state index in [0.717, 1.165) is 6.42 Å². The van der Waals surface area contributed by atoms with Gasteiger partial charge in [0.25, 0.3) is 0 Å². The molecule has 0 unspecified atom stereocenters. The molecule has 4 atom stereocenters. The van der Waals surface area contributed by atoms with Crippen LogP contribution in [0.15, 0.2) is 12.2 Å². The van der Waals surface area contributed by atoms with E-state index in [1.807, 2.05) is 13.0 Å². The van der Waals surface area contributed by atoms with Gasteiger partial charge in [-0.3, -0.25) is 0 Å². The van der Waals surface area contributed by atoms with Crippen molar-refractivity contribution in [3.63, 3.8) is 0 Å². The zero-order chi connectivity index (χ0) is 13.1. The molecular formula is C14H26O2Si. The SMILES string of the molecule is CC(C)(C)[Si](C)(C)O[C@H]1C[C@H]2C=C[C@](C)(O)[C@H]21. The minimum atomic E-state index is -1.70. The molecule has 2 nitrogen and oxygen atoms in total. The van der Waals surface area contributed by atoms with Crippen molar-refractivity contribution in [1.82, 2.24) is 0 Å². The van der Waals surface area contributed by atoms with Gasteiger partial charge in [-0.1, -0.05) is 32.9 Å². The van der Waals surface area contributed by atoms with Crippen LogP contribution in [0.3, 0.4) is 0 Å². The highest BCUT2D eigenvalue weighted by atomic mass is 28.4. The van der Waals surface area contributed by atoms with Gasteiger partial charge in [-0.2, -0.15) is 0 Å². The summed E-state index contributed by atoms with van der Waals surface area (Å²) in [7, 11) is -1.70. The first-order valence-corrected chi connectivity index (χ1v) is 9.55. The first kappa shape index (κ1) is 13.3. The number of fused-ring (bicyclic) bond motifs is 1. The number of hydrogen-bond donors (Lipinski definition) is 1. The molecule has 17 heavy (non-hydrogen) atoms. The van der Waals surface area contributed by atoms with E-state index >= 15 is 0 Å². The molecule has 1 fully saturated rings. The predicted molar refractivity (Wildman–Crippen MR) is 73.4 cm³/mol. The first-order valence-electron chi connectivity index (χ1n) is 6.64. The van der Waals surface area contributed by atoms with Gasteiger partial charge in [-0.15, -0.1) is 0 Å². The van der Waals surface area contributed by atoms with Gasteiger partial charge >= 0.3 is 0 Å². The van der Waals surface area contributed by atoms with E-state index < -0.39 is 13.9 Å². The highest BCUT2D eigenvalue weighted by molar-refractivity contribution is 6.74. The molecule has 0 aromatic carbocycles. The second-order valence-electron chi connectivity index (χ2n) is 7.43. The Morgan fingerprint density at radius 1 is 1.35 bits per heavy atom. The van der Waals surface area contributed by atoms with E-state index in [1.54, 1.807) is 0 Å². The van der Waals surface area contributed by atoms with E-state index in [0.29, 0.717) is 5.92 Å². The van der Waals surface area contributed by atoms with Gasteiger partial charge in [0.15, 0.2) is 8.32 Å². The van der Waals surface area contributed by atoms with Gasteiger partial charge in [0.2, 0.25) is 0 Å². The van der Waals surface area contributed by atoms with Gasteiger partial charge in [-0.25, -0.2) is 0 Å². The molecule has 0 radical (unpaired) electrons. The Bertz CT molecular complexity index is 339. The maximum atomic E-state index is 10.3. The molecule has 1 N–H and O–H groups in total. The van der Waals surface area contributed by atoms with Gasteiger partial charge in [0, 0.05) is 5.92 Å². The fourth-order valence-corrected chi connectivity index (χ4v) is 4.11. The third-order valence-corrected chi connectivity index (χ3v) is 9.48. The number of aliphatic hydroxyl groups is 1. The van der Waals surface area contributed by atoms with E-state index in [-0.39, 0.29) is 17.1 Å². The molecule has 0 saturated heterocycles. The summed E-state index contributed by atoms with van der Waals surface area (Å²) in [6.45, 7) is 13.3. The fourth-order valence-electron chi connectivity index (χ4n) is 2.76. The van der Waals surface area contributed by atoms with E-state index in [4.69, 9.17) is 4.43 Å². The summed E-state index contributed by atoms with van der Waals surface area (Å²) in [6, 6.07) is 0.